The zero-order chi connectivity index (χ0) is 14.7. The maximum Gasteiger partial charge on any atom is 0.358 e. The van der Waals surface area contributed by atoms with Crippen molar-refractivity contribution < 1.29 is 14.7 Å². The molecule has 0 aliphatic rings. The maximum atomic E-state index is 12.0. The molecule has 1 N–H and O–H groups in total. The fourth-order valence-corrected chi connectivity index (χ4v) is 2.34. The number of amides is 1. The van der Waals surface area contributed by atoms with Gasteiger partial charge < -0.3 is 10.0 Å². The third-order valence-electron chi connectivity index (χ3n) is 2.71. The quantitative estimate of drug-likeness (QED) is 0.856. The van der Waals surface area contributed by atoms with Gasteiger partial charge in [-0.3, -0.25) is 4.79 Å². The van der Waals surface area contributed by atoms with Gasteiger partial charge in [0.1, 0.15) is 6.54 Å². The molecule has 0 saturated heterocycles. The number of likely N-dealkylation sites (N-methyl/N-ethyl adjacent to an activating group) is 1. The summed E-state index contributed by atoms with van der Waals surface area (Å²) in [6.45, 7) is 2.31. The van der Waals surface area contributed by atoms with Crippen LogP contribution in [0.25, 0.3) is 0 Å². The summed E-state index contributed by atoms with van der Waals surface area (Å²) in [5.41, 5.74) is 2.46. The van der Waals surface area contributed by atoms with Gasteiger partial charge >= 0.3 is 5.97 Å². The highest BCUT2D eigenvalue weighted by molar-refractivity contribution is 7.09. The van der Waals surface area contributed by atoms with Crippen molar-refractivity contribution in [3.63, 3.8) is 0 Å². The van der Waals surface area contributed by atoms with E-state index in [0.29, 0.717) is 6.54 Å². The molecule has 106 valence electrons. The van der Waals surface area contributed by atoms with Crippen molar-refractivity contribution in [2.45, 2.75) is 20.0 Å². The average molecular weight is 295 g/mol. The second-order valence-electron chi connectivity index (χ2n) is 4.22. The van der Waals surface area contributed by atoms with Gasteiger partial charge in [-0.25, -0.2) is 14.5 Å². The Kier molecular flexibility index (Phi) is 4.08. The fraction of sp³-hybridized carbons (Fsp3) is 0.364. The Morgan fingerprint density at radius 1 is 1.50 bits per heavy atom. The number of nitrogens with zero attached hydrogens (tertiary/aromatic N) is 5. The van der Waals surface area contributed by atoms with Crippen molar-refractivity contribution in [3.05, 3.63) is 28.0 Å². The summed E-state index contributed by atoms with van der Waals surface area (Å²) in [6, 6.07) is 0. The molecule has 0 radical (unpaired) electrons. The van der Waals surface area contributed by atoms with E-state index in [0.717, 1.165) is 10.6 Å². The molecule has 0 bridgehead atoms. The van der Waals surface area contributed by atoms with Crippen molar-refractivity contribution >= 4 is 23.2 Å². The van der Waals surface area contributed by atoms with Gasteiger partial charge in [-0.1, -0.05) is 5.21 Å². The van der Waals surface area contributed by atoms with Crippen molar-refractivity contribution in [2.75, 3.05) is 7.05 Å². The van der Waals surface area contributed by atoms with E-state index in [1.54, 1.807) is 17.5 Å². The Bertz CT molecular complexity index is 636. The SMILES string of the molecule is Cc1ncsc1CN(C)C(=O)Cn1cc(C(=O)O)nn1. The number of carboxylic acid groups (broad SMARTS) is 1. The lowest BCUT2D eigenvalue weighted by molar-refractivity contribution is -0.131. The van der Waals surface area contributed by atoms with Crippen LogP contribution in [0.15, 0.2) is 11.7 Å². The molecule has 0 unspecified atom stereocenters. The molecular formula is C11H13N5O3S. The van der Waals surface area contributed by atoms with Crippen molar-refractivity contribution in [1.29, 1.82) is 0 Å². The molecule has 0 aliphatic heterocycles. The third kappa shape index (κ3) is 3.18. The molecule has 0 aliphatic carbocycles. The standard InChI is InChI=1S/C11H13N5O3S/c1-7-9(20-6-12-7)4-15(2)10(17)5-16-3-8(11(18)19)13-14-16/h3,6H,4-5H2,1-2H3,(H,18,19). The zero-order valence-electron chi connectivity index (χ0n) is 11.0. The van der Waals surface area contributed by atoms with E-state index in [9.17, 15) is 9.59 Å². The van der Waals surface area contributed by atoms with E-state index < -0.39 is 5.97 Å². The first-order valence-corrected chi connectivity index (χ1v) is 6.61. The number of carboxylic acids is 1. The van der Waals surface area contributed by atoms with Crippen molar-refractivity contribution in [1.82, 2.24) is 24.9 Å². The first-order chi connectivity index (χ1) is 9.47. The lowest BCUT2D eigenvalue weighted by Crippen LogP contribution is -2.29. The molecule has 2 heterocycles. The Labute approximate surface area is 118 Å². The summed E-state index contributed by atoms with van der Waals surface area (Å²) in [5, 5.41) is 15.8. The van der Waals surface area contributed by atoms with Crippen LogP contribution in [-0.4, -0.2) is 48.9 Å². The minimum absolute atomic E-state index is 0.0470. The molecule has 20 heavy (non-hydrogen) atoms. The van der Waals surface area contributed by atoms with Gasteiger partial charge in [0, 0.05) is 11.9 Å². The monoisotopic (exact) mass is 295 g/mol. The van der Waals surface area contributed by atoms with Crippen LogP contribution in [0.4, 0.5) is 0 Å². The predicted octanol–water partition coefficient (Wildman–Crippen LogP) is 0.400. The highest BCUT2D eigenvalue weighted by Gasteiger charge is 2.15. The highest BCUT2D eigenvalue weighted by Crippen LogP contribution is 2.14. The minimum atomic E-state index is -1.17. The van der Waals surface area contributed by atoms with E-state index in [1.807, 2.05) is 6.92 Å². The number of aryl methyl sites for hydroxylation is 1. The molecule has 9 heteroatoms. The second-order valence-corrected chi connectivity index (χ2v) is 5.16. The number of aromatic carboxylic acids is 1. The van der Waals surface area contributed by atoms with Gasteiger partial charge in [-0.15, -0.1) is 16.4 Å². The van der Waals surface area contributed by atoms with Crippen LogP contribution in [0.1, 0.15) is 21.1 Å². The Morgan fingerprint density at radius 2 is 2.25 bits per heavy atom. The van der Waals surface area contributed by atoms with Crippen LogP contribution in [0.3, 0.4) is 0 Å². The molecule has 0 saturated carbocycles. The molecule has 0 fully saturated rings. The Hall–Kier alpha value is -2.29. The van der Waals surface area contributed by atoms with Crippen LogP contribution in [0, 0.1) is 6.92 Å². The molecule has 8 nitrogen and oxygen atoms in total. The molecule has 2 rings (SSSR count). The molecule has 1 amide bonds. The first-order valence-electron chi connectivity index (χ1n) is 5.73. The zero-order valence-corrected chi connectivity index (χ0v) is 11.8. The van der Waals surface area contributed by atoms with Gasteiger partial charge in [0.05, 0.1) is 23.9 Å². The maximum absolute atomic E-state index is 12.0. The van der Waals surface area contributed by atoms with Crippen molar-refractivity contribution in [3.8, 4) is 0 Å². The number of hydrogen-bond donors (Lipinski definition) is 1. The smallest absolute Gasteiger partial charge is 0.358 e. The summed E-state index contributed by atoms with van der Waals surface area (Å²) in [5.74, 6) is -1.35. The van der Waals surface area contributed by atoms with E-state index >= 15 is 0 Å². The molecule has 2 aromatic heterocycles. The van der Waals surface area contributed by atoms with E-state index in [1.165, 1.54) is 22.2 Å². The first kappa shape index (κ1) is 14.1. The molecule has 0 spiro atoms. The Morgan fingerprint density at radius 3 is 2.80 bits per heavy atom. The van der Waals surface area contributed by atoms with Crippen LogP contribution in [-0.2, 0) is 17.9 Å². The van der Waals surface area contributed by atoms with Crippen LogP contribution >= 0.6 is 11.3 Å². The van der Waals surface area contributed by atoms with Gasteiger partial charge in [0.2, 0.25) is 5.91 Å². The van der Waals surface area contributed by atoms with Crippen LogP contribution in [0.5, 0.6) is 0 Å². The summed E-state index contributed by atoms with van der Waals surface area (Å²) in [4.78, 5) is 29.4. The molecule has 2 aromatic rings. The lowest BCUT2D eigenvalue weighted by Gasteiger charge is -2.16. The number of rotatable bonds is 5. The topological polar surface area (TPSA) is 101 Å². The summed E-state index contributed by atoms with van der Waals surface area (Å²) >= 11 is 1.49. The molecule has 0 aromatic carbocycles. The normalized spacial score (nSPS) is 10.5. The van der Waals surface area contributed by atoms with Gasteiger partial charge in [-0.2, -0.15) is 0 Å². The van der Waals surface area contributed by atoms with Gasteiger partial charge in [0.25, 0.3) is 0 Å². The number of aromatic nitrogens is 4. The average Bonchev–Trinajstić information content (AvgIpc) is 2.99. The second kappa shape index (κ2) is 5.78. The third-order valence-corrected chi connectivity index (χ3v) is 3.63. The summed E-state index contributed by atoms with van der Waals surface area (Å²) in [6.07, 6.45) is 1.23. The summed E-state index contributed by atoms with van der Waals surface area (Å²) in [7, 11) is 1.68. The predicted molar refractivity (Wildman–Crippen MR) is 70.3 cm³/mol. The Balaban J connectivity index is 1.97. The molecular weight excluding hydrogens is 282 g/mol. The van der Waals surface area contributed by atoms with E-state index in [2.05, 4.69) is 15.3 Å². The van der Waals surface area contributed by atoms with Crippen LogP contribution < -0.4 is 0 Å². The lowest BCUT2D eigenvalue weighted by atomic mass is 10.3. The number of hydrogen-bond acceptors (Lipinski definition) is 6. The minimum Gasteiger partial charge on any atom is -0.476 e. The van der Waals surface area contributed by atoms with E-state index in [4.69, 9.17) is 5.11 Å². The fourth-order valence-electron chi connectivity index (χ4n) is 1.51. The number of carbonyl (C=O) groups excluding carboxylic acids is 1. The van der Waals surface area contributed by atoms with Gasteiger partial charge in [0.15, 0.2) is 5.69 Å². The van der Waals surface area contributed by atoms with Crippen LogP contribution in [0.2, 0.25) is 0 Å². The largest absolute Gasteiger partial charge is 0.476 e. The van der Waals surface area contributed by atoms with Crippen molar-refractivity contribution in [2.24, 2.45) is 0 Å². The van der Waals surface area contributed by atoms with Gasteiger partial charge in [-0.05, 0) is 6.92 Å². The molecule has 0 atom stereocenters. The summed E-state index contributed by atoms with van der Waals surface area (Å²) < 4.78 is 1.21. The highest BCUT2D eigenvalue weighted by atomic mass is 32.1. The number of carbonyl (C=O) groups is 2. The number of thiazole rings is 1. The van der Waals surface area contributed by atoms with E-state index in [-0.39, 0.29) is 18.1 Å².